The Morgan fingerprint density at radius 3 is 2.88 bits per heavy atom. The lowest BCUT2D eigenvalue weighted by Crippen LogP contribution is -2.32. The molecule has 2 saturated heterocycles. The van der Waals surface area contributed by atoms with Gasteiger partial charge in [-0.05, 0) is 50.9 Å². The van der Waals surface area contributed by atoms with Gasteiger partial charge in [-0.3, -0.25) is 14.7 Å². The Morgan fingerprint density at radius 2 is 2.08 bits per heavy atom. The number of nitrogens with zero attached hydrogens (tertiary/aromatic N) is 4. The second-order valence-electron chi connectivity index (χ2n) is 7.04. The summed E-state index contributed by atoms with van der Waals surface area (Å²) in [5.41, 5.74) is 3.02. The average molecular weight is 339 g/mol. The van der Waals surface area contributed by atoms with Crippen LogP contribution in [-0.4, -0.2) is 50.3 Å². The molecule has 4 rings (SSSR count). The highest BCUT2D eigenvalue weighted by Crippen LogP contribution is 2.31. The number of nitrogens with one attached hydrogen (secondary N) is 1. The third-order valence-electron chi connectivity index (χ3n) is 5.22. The Kier molecular flexibility index (Phi) is 4.78. The van der Waals surface area contributed by atoms with Gasteiger partial charge in [-0.1, -0.05) is 6.07 Å². The van der Waals surface area contributed by atoms with E-state index >= 15 is 0 Å². The van der Waals surface area contributed by atoms with Gasteiger partial charge in [-0.2, -0.15) is 0 Å². The van der Waals surface area contributed by atoms with Gasteiger partial charge in [0.05, 0.1) is 30.2 Å². The Balaban J connectivity index is 1.46. The van der Waals surface area contributed by atoms with Crippen LogP contribution in [0, 0.1) is 0 Å². The monoisotopic (exact) mass is 339 g/mol. The van der Waals surface area contributed by atoms with Crippen LogP contribution in [0.2, 0.25) is 0 Å². The highest BCUT2D eigenvalue weighted by atomic mass is 16.2. The van der Waals surface area contributed by atoms with Gasteiger partial charge < -0.3 is 9.88 Å². The number of hydrogen-bond donors (Lipinski definition) is 1. The maximum absolute atomic E-state index is 12.7. The zero-order valence-electron chi connectivity index (χ0n) is 14.5. The minimum atomic E-state index is 0.106. The maximum Gasteiger partial charge on any atom is 0.229 e. The highest BCUT2D eigenvalue weighted by molar-refractivity contribution is 5.79. The third kappa shape index (κ3) is 3.74. The molecule has 2 aromatic rings. The average Bonchev–Trinajstić information content (AvgIpc) is 3.37. The van der Waals surface area contributed by atoms with Gasteiger partial charge in [0.25, 0.3) is 0 Å². The van der Waals surface area contributed by atoms with Crippen molar-refractivity contribution in [3.63, 3.8) is 0 Å². The number of aromatic nitrogens is 3. The predicted octanol–water partition coefficient (Wildman–Crippen LogP) is 2.31. The molecule has 0 aromatic carbocycles. The van der Waals surface area contributed by atoms with Gasteiger partial charge in [-0.15, -0.1) is 0 Å². The van der Waals surface area contributed by atoms with E-state index < -0.39 is 0 Å². The standard InChI is InChI=1S/C19H25N5O/c25-19(11-16-12-20-14-21-16)24-10-4-7-18(24)17-6-3-5-15(22-17)13-23-8-1-2-9-23/h3,5-6,12,14,18H,1-2,4,7-11,13H2,(H,20,21)/t18-/m1/s1. The summed E-state index contributed by atoms with van der Waals surface area (Å²) in [4.78, 5) is 29.1. The molecule has 2 fully saturated rings. The first-order valence-electron chi connectivity index (χ1n) is 9.24. The molecule has 132 valence electrons. The zero-order valence-corrected chi connectivity index (χ0v) is 14.5. The second kappa shape index (κ2) is 7.35. The normalized spacial score (nSPS) is 21.1. The summed E-state index contributed by atoms with van der Waals surface area (Å²) in [6, 6.07) is 6.37. The number of imidazole rings is 1. The molecular formula is C19H25N5O. The summed E-state index contributed by atoms with van der Waals surface area (Å²) in [6.07, 6.45) is 8.33. The van der Waals surface area contributed by atoms with E-state index in [-0.39, 0.29) is 11.9 Å². The van der Waals surface area contributed by atoms with E-state index in [9.17, 15) is 4.79 Å². The molecule has 1 N–H and O–H groups in total. The first-order valence-corrected chi connectivity index (χ1v) is 9.24. The molecule has 0 saturated carbocycles. The smallest absolute Gasteiger partial charge is 0.229 e. The SMILES string of the molecule is O=C(Cc1cnc[nH]1)N1CCC[C@@H]1c1cccc(CN2CCCC2)n1. The van der Waals surface area contributed by atoms with Crippen LogP contribution in [0.4, 0.5) is 0 Å². The van der Waals surface area contributed by atoms with E-state index in [1.165, 1.54) is 25.9 Å². The first-order chi connectivity index (χ1) is 12.3. The van der Waals surface area contributed by atoms with Crippen LogP contribution in [0.3, 0.4) is 0 Å². The molecule has 25 heavy (non-hydrogen) atoms. The van der Waals surface area contributed by atoms with E-state index in [1.54, 1.807) is 12.5 Å². The maximum atomic E-state index is 12.7. The van der Waals surface area contributed by atoms with E-state index in [4.69, 9.17) is 4.98 Å². The van der Waals surface area contributed by atoms with Crippen molar-refractivity contribution in [2.45, 2.75) is 44.7 Å². The minimum absolute atomic E-state index is 0.106. The molecule has 0 bridgehead atoms. The number of carbonyl (C=O) groups is 1. The van der Waals surface area contributed by atoms with Crippen molar-refractivity contribution in [3.8, 4) is 0 Å². The van der Waals surface area contributed by atoms with Crippen LogP contribution in [0.25, 0.3) is 0 Å². The van der Waals surface area contributed by atoms with E-state index in [1.807, 2.05) is 4.90 Å². The van der Waals surface area contributed by atoms with E-state index in [0.29, 0.717) is 6.42 Å². The fourth-order valence-corrected chi connectivity index (χ4v) is 3.96. The highest BCUT2D eigenvalue weighted by Gasteiger charge is 2.31. The molecule has 6 nitrogen and oxygen atoms in total. The number of likely N-dealkylation sites (tertiary alicyclic amines) is 2. The molecule has 4 heterocycles. The minimum Gasteiger partial charge on any atom is -0.348 e. The summed E-state index contributed by atoms with van der Waals surface area (Å²) in [7, 11) is 0. The number of hydrogen-bond acceptors (Lipinski definition) is 4. The van der Waals surface area contributed by atoms with E-state index in [2.05, 4.69) is 33.1 Å². The number of pyridine rings is 1. The Labute approximate surface area is 148 Å². The molecule has 1 atom stereocenters. The fourth-order valence-electron chi connectivity index (χ4n) is 3.96. The van der Waals surface area contributed by atoms with Gasteiger partial charge in [0, 0.05) is 25.0 Å². The number of amides is 1. The largest absolute Gasteiger partial charge is 0.348 e. The summed E-state index contributed by atoms with van der Waals surface area (Å²) in [5, 5.41) is 0. The van der Waals surface area contributed by atoms with Crippen LogP contribution in [0.5, 0.6) is 0 Å². The summed E-state index contributed by atoms with van der Waals surface area (Å²) < 4.78 is 0. The van der Waals surface area contributed by atoms with Crippen LogP contribution in [0.15, 0.2) is 30.7 Å². The number of H-pyrrole nitrogens is 1. The molecule has 0 unspecified atom stereocenters. The van der Waals surface area contributed by atoms with Crippen molar-refractivity contribution in [2.75, 3.05) is 19.6 Å². The van der Waals surface area contributed by atoms with Crippen molar-refractivity contribution in [1.29, 1.82) is 0 Å². The summed E-state index contributed by atoms with van der Waals surface area (Å²) in [5.74, 6) is 0.151. The van der Waals surface area contributed by atoms with E-state index in [0.717, 1.165) is 43.0 Å². The van der Waals surface area contributed by atoms with Gasteiger partial charge in [0.15, 0.2) is 0 Å². The molecule has 2 aliphatic heterocycles. The van der Waals surface area contributed by atoms with Crippen molar-refractivity contribution in [3.05, 3.63) is 47.8 Å². The molecule has 0 aliphatic carbocycles. The van der Waals surface area contributed by atoms with Gasteiger partial charge in [0.1, 0.15) is 0 Å². The van der Waals surface area contributed by atoms with Gasteiger partial charge >= 0.3 is 0 Å². The second-order valence-corrected chi connectivity index (χ2v) is 7.04. The van der Waals surface area contributed by atoms with Crippen molar-refractivity contribution < 1.29 is 4.79 Å². The molecule has 2 aromatic heterocycles. The van der Waals surface area contributed by atoms with Gasteiger partial charge in [0.2, 0.25) is 5.91 Å². The zero-order chi connectivity index (χ0) is 17.1. The van der Waals surface area contributed by atoms with Crippen LogP contribution < -0.4 is 0 Å². The summed E-state index contributed by atoms with van der Waals surface area (Å²) >= 11 is 0. The quantitative estimate of drug-likeness (QED) is 0.908. The lowest BCUT2D eigenvalue weighted by Gasteiger charge is -2.25. The number of aromatic amines is 1. The Hall–Kier alpha value is -2.21. The topological polar surface area (TPSA) is 65.1 Å². The van der Waals surface area contributed by atoms with Crippen LogP contribution in [0.1, 0.15) is 48.8 Å². The van der Waals surface area contributed by atoms with Gasteiger partial charge in [-0.25, -0.2) is 4.98 Å². The number of rotatable bonds is 5. The van der Waals surface area contributed by atoms with Crippen LogP contribution >= 0.6 is 0 Å². The van der Waals surface area contributed by atoms with Crippen LogP contribution in [-0.2, 0) is 17.8 Å². The predicted molar refractivity (Wildman–Crippen MR) is 94.7 cm³/mol. The fraction of sp³-hybridized carbons (Fsp3) is 0.526. The third-order valence-corrected chi connectivity index (χ3v) is 5.22. The molecule has 0 radical (unpaired) electrons. The Morgan fingerprint density at radius 1 is 1.20 bits per heavy atom. The molecule has 2 aliphatic rings. The Bertz CT molecular complexity index is 708. The summed E-state index contributed by atoms with van der Waals surface area (Å²) in [6.45, 7) is 4.08. The molecular weight excluding hydrogens is 314 g/mol. The lowest BCUT2D eigenvalue weighted by atomic mass is 10.1. The molecule has 6 heteroatoms. The lowest BCUT2D eigenvalue weighted by molar-refractivity contribution is -0.131. The molecule has 0 spiro atoms. The van der Waals surface area contributed by atoms with Crippen molar-refractivity contribution in [1.82, 2.24) is 24.8 Å². The van der Waals surface area contributed by atoms with Crippen molar-refractivity contribution >= 4 is 5.91 Å². The van der Waals surface area contributed by atoms with Crippen molar-refractivity contribution in [2.24, 2.45) is 0 Å². The first kappa shape index (κ1) is 16.3. The molecule has 1 amide bonds. The number of carbonyl (C=O) groups excluding carboxylic acids is 1.